The van der Waals surface area contributed by atoms with Crippen LogP contribution >= 0.6 is 0 Å². The fourth-order valence-corrected chi connectivity index (χ4v) is 0.939. The number of nitrogens with two attached hydrogens (primary N) is 1. The summed E-state index contributed by atoms with van der Waals surface area (Å²) < 4.78 is 0. The van der Waals surface area contributed by atoms with Gasteiger partial charge >= 0.3 is 12.1 Å². The molecule has 1 unspecified atom stereocenters. The monoisotopic (exact) mass is 245 g/mol. The number of carbonyl (C=O) groups is 3. The Bertz CT molecular complexity index is 292. The quantitative estimate of drug-likeness (QED) is 0.438. The maximum Gasteiger partial charge on any atom is 0.318 e. The number of nitrogens with one attached hydrogen (secondary N) is 3. The van der Waals surface area contributed by atoms with Crippen molar-refractivity contribution >= 4 is 18.0 Å². The summed E-state index contributed by atoms with van der Waals surface area (Å²) in [6.07, 6.45) is 0. The van der Waals surface area contributed by atoms with Crippen molar-refractivity contribution in [3.05, 3.63) is 0 Å². The maximum absolute atomic E-state index is 11.2. The highest BCUT2D eigenvalue weighted by Gasteiger charge is 2.13. The van der Waals surface area contributed by atoms with Crippen molar-refractivity contribution in [1.29, 1.82) is 0 Å². The van der Waals surface area contributed by atoms with Crippen molar-refractivity contribution in [2.75, 3.05) is 27.2 Å². The minimum absolute atomic E-state index is 0.207. The molecule has 8 heteroatoms. The number of primary amides is 1. The lowest BCUT2D eigenvalue weighted by Gasteiger charge is -2.14. The summed E-state index contributed by atoms with van der Waals surface area (Å²) in [5, 5.41) is 7.40. The zero-order valence-electron chi connectivity index (χ0n) is 10.2. The van der Waals surface area contributed by atoms with E-state index in [4.69, 9.17) is 5.73 Å². The van der Waals surface area contributed by atoms with Gasteiger partial charge in [0.05, 0.1) is 6.04 Å². The van der Waals surface area contributed by atoms with Gasteiger partial charge in [-0.05, 0) is 6.92 Å². The fraction of sp³-hybridized carbons (Fsp3) is 0.667. The maximum atomic E-state index is 11.2. The van der Waals surface area contributed by atoms with Gasteiger partial charge in [-0.25, -0.2) is 9.59 Å². The lowest BCUT2D eigenvalue weighted by atomic mass is 10.3. The molecular weight excluding hydrogens is 226 g/mol. The van der Waals surface area contributed by atoms with Gasteiger partial charge in [-0.3, -0.25) is 10.1 Å². The van der Waals surface area contributed by atoms with E-state index in [1.54, 1.807) is 21.0 Å². The first-order valence-electron chi connectivity index (χ1n) is 5.13. The SMILES string of the molecule is CC(NCCNC(=O)N(C)C)C(=O)NC(N)=O. The third kappa shape index (κ3) is 7.12. The van der Waals surface area contributed by atoms with Crippen LogP contribution in [0.4, 0.5) is 9.59 Å². The lowest BCUT2D eigenvalue weighted by molar-refractivity contribution is -0.121. The Morgan fingerprint density at radius 3 is 2.29 bits per heavy atom. The molecule has 0 fully saturated rings. The summed E-state index contributed by atoms with van der Waals surface area (Å²) in [5.41, 5.74) is 4.80. The number of nitrogens with zero attached hydrogens (tertiary/aromatic N) is 1. The summed E-state index contributed by atoms with van der Waals surface area (Å²) in [6.45, 7) is 2.38. The molecule has 0 rings (SSSR count). The van der Waals surface area contributed by atoms with Crippen LogP contribution in [0.1, 0.15) is 6.92 Å². The summed E-state index contributed by atoms with van der Waals surface area (Å²) in [7, 11) is 3.26. The minimum atomic E-state index is -0.885. The van der Waals surface area contributed by atoms with Crippen LogP contribution in [-0.4, -0.2) is 56.1 Å². The molecule has 0 aromatic carbocycles. The van der Waals surface area contributed by atoms with Gasteiger partial charge in [-0.15, -0.1) is 0 Å². The molecular formula is C9H19N5O3. The zero-order chi connectivity index (χ0) is 13.4. The average Bonchev–Trinajstić information content (AvgIpc) is 2.22. The molecule has 0 aliphatic heterocycles. The number of carbonyl (C=O) groups excluding carboxylic acids is 3. The van der Waals surface area contributed by atoms with E-state index in [-0.39, 0.29) is 6.03 Å². The van der Waals surface area contributed by atoms with E-state index in [9.17, 15) is 14.4 Å². The summed E-state index contributed by atoms with van der Waals surface area (Å²) >= 11 is 0. The Morgan fingerprint density at radius 2 is 1.82 bits per heavy atom. The Hall–Kier alpha value is -1.83. The third-order valence-electron chi connectivity index (χ3n) is 1.90. The highest BCUT2D eigenvalue weighted by Crippen LogP contribution is 1.81. The molecule has 0 aromatic rings. The number of imide groups is 1. The van der Waals surface area contributed by atoms with Crippen LogP contribution in [0.25, 0.3) is 0 Å². The first-order chi connectivity index (χ1) is 7.84. The van der Waals surface area contributed by atoms with Gasteiger partial charge < -0.3 is 21.3 Å². The predicted molar refractivity (Wildman–Crippen MR) is 62.3 cm³/mol. The van der Waals surface area contributed by atoms with E-state index < -0.39 is 18.0 Å². The number of urea groups is 2. The molecule has 5 amide bonds. The molecule has 5 N–H and O–H groups in total. The van der Waals surface area contributed by atoms with Crippen LogP contribution in [-0.2, 0) is 4.79 Å². The Labute approximate surface area is 99.9 Å². The lowest BCUT2D eigenvalue weighted by Crippen LogP contribution is -2.48. The standard InChI is InChI=1S/C9H19N5O3/c1-6(7(15)13-8(10)16)11-4-5-12-9(17)14(2)3/h6,11H,4-5H2,1-3H3,(H,12,17)(H3,10,13,15,16). The van der Waals surface area contributed by atoms with Crippen molar-refractivity contribution in [1.82, 2.24) is 20.9 Å². The van der Waals surface area contributed by atoms with Gasteiger partial charge in [0.2, 0.25) is 5.91 Å². The van der Waals surface area contributed by atoms with Crippen LogP contribution in [0.3, 0.4) is 0 Å². The first-order valence-corrected chi connectivity index (χ1v) is 5.13. The molecule has 0 heterocycles. The van der Waals surface area contributed by atoms with Crippen LogP contribution < -0.4 is 21.7 Å². The molecule has 8 nitrogen and oxygen atoms in total. The molecule has 98 valence electrons. The molecule has 0 spiro atoms. The molecule has 0 aliphatic carbocycles. The van der Waals surface area contributed by atoms with Crippen molar-refractivity contribution in [2.24, 2.45) is 5.73 Å². The molecule has 1 atom stereocenters. The van der Waals surface area contributed by atoms with Crippen LogP contribution in [0.5, 0.6) is 0 Å². The highest BCUT2D eigenvalue weighted by atomic mass is 16.2. The Kier molecular flexibility index (Phi) is 6.64. The molecule has 0 bridgehead atoms. The van der Waals surface area contributed by atoms with E-state index >= 15 is 0 Å². The molecule has 0 saturated carbocycles. The third-order valence-corrected chi connectivity index (χ3v) is 1.90. The second-order valence-electron chi connectivity index (χ2n) is 3.66. The Balaban J connectivity index is 3.71. The molecule has 0 radical (unpaired) electrons. The second-order valence-corrected chi connectivity index (χ2v) is 3.66. The first kappa shape index (κ1) is 15.2. The summed E-state index contributed by atoms with van der Waals surface area (Å²) in [5.74, 6) is -0.503. The van der Waals surface area contributed by atoms with Crippen molar-refractivity contribution in [3.8, 4) is 0 Å². The van der Waals surface area contributed by atoms with Crippen LogP contribution in [0.15, 0.2) is 0 Å². The van der Waals surface area contributed by atoms with E-state index in [0.717, 1.165) is 0 Å². The predicted octanol–water partition coefficient (Wildman–Crippen LogP) is -1.57. The van der Waals surface area contributed by atoms with Gasteiger partial charge in [-0.1, -0.05) is 0 Å². The molecule has 17 heavy (non-hydrogen) atoms. The average molecular weight is 245 g/mol. The summed E-state index contributed by atoms with van der Waals surface area (Å²) in [4.78, 5) is 34.1. The summed E-state index contributed by atoms with van der Waals surface area (Å²) in [6, 6.07) is -1.65. The van der Waals surface area contributed by atoms with Gasteiger partial charge in [0.1, 0.15) is 0 Å². The number of amides is 5. The van der Waals surface area contributed by atoms with Gasteiger partial charge in [0.25, 0.3) is 0 Å². The van der Waals surface area contributed by atoms with Crippen LogP contribution in [0, 0.1) is 0 Å². The fourth-order valence-electron chi connectivity index (χ4n) is 0.939. The highest BCUT2D eigenvalue weighted by molar-refractivity contribution is 5.96. The zero-order valence-corrected chi connectivity index (χ0v) is 10.2. The topological polar surface area (TPSA) is 117 Å². The molecule has 0 aromatic heterocycles. The van der Waals surface area contributed by atoms with Crippen LogP contribution in [0.2, 0.25) is 0 Å². The Morgan fingerprint density at radius 1 is 1.24 bits per heavy atom. The van der Waals surface area contributed by atoms with Crippen molar-refractivity contribution < 1.29 is 14.4 Å². The van der Waals surface area contributed by atoms with Gasteiger partial charge in [0.15, 0.2) is 0 Å². The van der Waals surface area contributed by atoms with E-state index in [2.05, 4.69) is 10.6 Å². The number of hydrogen-bond donors (Lipinski definition) is 4. The number of hydrogen-bond acceptors (Lipinski definition) is 4. The normalized spacial score (nSPS) is 11.5. The largest absolute Gasteiger partial charge is 0.351 e. The van der Waals surface area contributed by atoms with E-state index in [0.29, 0.717) is 13.1 Å². The van der Waals surface area contributed by atoms with Crippen molar-refractivity contribution in [3.63, 3.8) is 0 Å². The minimum Gasteiger partial charge on any atom is -0.351 e. The van der Waals surface area contributed by atoms with E-state index in [1.807, 2.05) is 5.32 Å². The van der Waals surface area contributed by atoms with Gasteiger partial charge in [-0.2, -0.15) is 0 Å². The molecule has 0 aliphatic rings. The van der Waals surface area contributed by atoms with E-state index in [1.165, 1.54) is 4.90 Å². The molecule has 0 saturated heterocycles. The van der Waals surface area contributed by atoms with Crippen molar-refractivity contribution in [2.45, 2.75) is 13.0 Å². The van der Waals surface area contributed by atoms with Gasteiger partial charge in [0, 0.05) is 27.2 Å². The second kappa shape index (κ2) is 7.44. The smallest absolute Gasteiger partial charge is 0.318 e. The number of rotatable bonds is 5.